The minimum atomic E-state index is -1.17. The van der Waals surface area contributed by atoms with Crippen LogP contribution in [-0.4, -0.2) is 26.2 Å². The lowest BCUT2D eigenvalue weighted by molar-refractivity contribution is -0.168. The SMILES string of the molecule is CCC1=C2CC(C(=O)OC)(C(=O)OC)C[C@H]2C=C[C@H]1C. The maximum Gasteiger partial charge on any atom is 0.323 e. The molecule has 0 N–H and O–H groups in total. The van der Waals surface area contributed by atoms with Gasteiger partial charge in [0.05, 0.1) is 14.2 Å². The van der Waals surface area contributed by atoms with Crippen LogP contribution in [0.5, 0.6) is 0 Å². The fraction of sp³-hybridized carbons (Fsp3) is 0.625. The van der Waals surface area contributed by atoms with E-state index in [1.165, 1.54) is 25.4 Å². The third kappa shape index (κ3) is 2.07. The number of methoxy groups -OCH3 is 2. The van der Waals surface area contributed by atoms with Gasteiger partial charge in [0.25, 0.3) is 0 Å². The lowest BCUT2D eigenvalue weighted by Crippen LogP contribution is -2.39. The minimum absolute atomic E-state index is 0.152. The molecule has 0 aromatic rings. The molecular formula is C16H22O4. The van der Waals surface area contributed by atoms with Crippen LogP contribution in [0.2, 0.25) is 0 Å². The molecule has 0 radical (unpaired) electrons. The smallest absolute Gasteiger partial charge is 0.323 e. The minimum Gasteiger partial charge on any atom is -0.468 e. The van der Waals surface area contributed by atoms with Crippen molar-refractivity contribution in [2.75, 3.05) is 14.2 Å². The first-order valence-corrected chi connectivity index (χ1v) is 7.07. The Bertz CT molecular complexity index is 471. The van der Waals surface area contributed by atoms with E-state index in [1.54, 1.807) is 0 Å². The Kier molecular flexibility index (Phi) is 4.02. The van der Waals surface area contributed by atoms with Gasteiger partial charge in [0.1, 0.15) is 0 Å². The zero-order chi connectivity index (χ0) is 14.9. The molecule has 0 aromatic carbocycles. The molecule has 0 aromatic heterocycles. The summed E-state index contributed by atoms with van der Waals surface area (Å²) in [5, 5.41) is 0. The third-order valence-electron chi connectivity index (χ3n) is 4.64. The zero-order valence-corrected chi connectivity index (χ0v) is 12.6. The highest BCUT2D eigenvalue weighted by Crippen LogP contribution is 2.51. The molecule has 1 fully saturated rings. The molecule has 1 saturated carbocycles. The number of fused-ring (bicyclic) bond motifs is 1. The number of hydrogen-bond donors (Lipinski definition) is 0. The molecule has 0 spiro atoms. The Hall–Kier alpha value is -1.58. The number of esters is 2. The highest BCUT2D eigenvalue weighted by molar-refractivity contribution is 6.01. The van der Waals surface area contributed by atoms with Crippen molar-refractivity contribution >= 4 is 11.9 Å². The molecule has 0 bridgehead atoms. The summed E-state index contributed by atoms with van der Waals surface area (Å²) in [6.07, 6.45) is 6.10. The second-order valence-corrected chi connectivity index (χ2v) is 5.63. The molecule has 2 atom stereocenters. The Morgan fingerprint density at radius 1 is 1.25 bits per heavy atom. The topological polar surface area (TPSA) is 52.6 Å². The van der Waals surface area contributed by atoms with Gasteiger partial charge in [-0.25, -0.2) is 0 Å². The molecular weight excluding hydrogens is 256 g/mol. The summed E-state index contributed by atoms with van der Waals surface area (Å²) in [4.78, 5) is 24.4. The van der Waals surface area contributed by atoms with Gasteiger partial charge in [-0.15, -0.1) is 0 Å². The van der Waals surface area contributed by atoms with Gasteiger partial charge in [0.15, 0.2) is 5.41 Å². The van der Waals surface area contributed by atoms with Crippen LogP contribution in [0, 0.1) is 17.3 Å². The summed E-state index contributed by atoms with van der Waals surface area (Å²) in [7, 11) is 2.64. The van der Waals surface area contributed by atoms with Crippen molar-refractivity contribution in [2.24, 2.45) is 17.3 Å². The molecule has 0 unspecified atom stereocenters. The Morgan fingerprint density at radius 3 is 2.35 bits per heavy atom. The number of carbonyl (C=O) groups is 2. The molecule has 2 rings (SSSR count). The van der Waals surface area contributed by atoms with Crippen LogP contribution in [0.4, 0.5) is 0 Å². The predicted molar refractivity (Wildman–Crippen MR) is 74.8 cm³/mol. The molecule has 0 amide bonds. The van der Waals surface area contributed by atoms with Crippen molar-refractivity contribution in [3.05, 3.63) is 23.3 Å². The molecule has 110 valence electrons. The summed E-state index contributed by atoms with van der Waals surface area (Å²) in [5.74, 6) is -0.442. The molecule has 20 heavy (non-hydrogen) atoms. The van der Waals surface area contributed by atoms with Crippen molar-refractivity contribution in [1.82, 2.24) is 0 Å². The number of allylic oxidation sites excluding steroid dienone is 4. The molecule has 2 aliphatic rings. The van der Waals surface area contributed by atoms with Gasteiger partial charge in [-0.05, 0) is 31.1 Å². The first-order chi connectivity index (χ1) is 9.50. The average molecular weight is 278 g/mol. The van der Waals surface area contributed by atoms with Gasteiger partial charge in [0.2, 0.25) is 0 Å². The Labute approximate surface area is 119 Å². The van der Waals surface area contributed by atoms with Gasteiger partial charge in [-0.1, -0.05) is 37.1 Å². The van der Waals surface area contributed by atoms with E-state index in [0.717, 1.165) is 6.42 Å². The van der Waals surface area contributed by atoms with Crippen LogP contribution in [0.1, 0.15) is 33.1 Å². The van der Waals surface area contributed by atoms with Gasteiger partial charge in [-0.3, -0.25) is 9.59 Å². The van der Waals surface area contributed by atoms with Crippen LogP contribution in [0.3, 0.4) is 0 Å². The van der Waals surface area contributed by atoms with Gasteiger partial charge >= 0.3 is 11.9 Å². The van der Waals surface area contributed by atoms with E-state index >= 15 is 0 Å². The van der Waals surface area contributed by atoms with Gasteiger partial charge in [-0.2, -0.15) is 0 Å². The molecule has 4 nitrogen and oxygen atoms in total. The van der Waals surface area contributed by atoms with Gasteiger partial charge in [0, 0.05) is 0 Å². The molecule has 4 heteroatoms. The highest BCUT2D eigenvalue weighted by Gasteiger charge is 2.55. The fourth-order valence-electron chi connectivity index (χ4n) is 3.61. The summed E-state index contributed by atoms with van der Waals surface area (Å²) in [6, 6.07) is 0. The van der Waals surface area contributed by atoms with E-state index in [2.05, 4.69) is 26.0 Å². The van der Waals surface area contributed by atoms with E-state index in [4.69, 9.17) is 9.47 Å². The van der Waals surface area contributed by atoms with Crippen molar-refractivity contribution in [1.29, 1.82) is 0 Å². The molecule has 2 aliphatic carbocycles. The van der Waals surface area contributed by atoms with E-state index in [1.807, 2.05) is 0 Å². The normalized spacial score (nSPS) is 27.2. The lowest BCUT2D eigenvalue weighted by atomic mass is 9.83. The quantitative estimate of drug-likeness (QED) is 0.452. The molecule has 0 aliphatic heterocycles. The molecule has 0 saturated heterocycles. The third-order valence-corrected chi connectivity index (χ3v) is 4.64. The van der Waals surface area contributed by atoms with Crippen molar-refractivity contribution in [3.63, 3.8) is 0 Å². The second kappa shape index (κ2) is 5.43. The first-order valence-electron chi connectivity index (χ1n) is 7.07. The van der Waals surface area contributed by atoms with Crippen molar-refractivity contribution in [2.45, 2.75) is 33.1 Å². The van der Waals surface area contributed by atoms with Gasteiger partial charge < -0.3 is 9.47 Å². The average Bonchev–Trinajstić information content (AvgIpc) is 2.86. The van der Waals surface area contributed by atoms with Crippen LogP contribution in [0.25, 0.3) is 0 Å². The number of ether oxygens (including phenoxy) is 2. The largest absolute Gasteiger partial charge is 0.468 e. The Balaban J connectivity index is 2.46. The summed E-state index contributed by atoms with van der Waals surface area (Å²) in [6.45, 7) is 4.26. The van der Waals surface area contributed by atoms with Crippen molar-refractivity contribution in [3.8, 4) is 0 Å². The van der Waals surface area contributed by atoms with E-state index in [-0.39, 0.29) is 5.92 Å². The summed E-state index contributed by atoms with van der Waals surface area (Å²) in [5.41, 5.74) is 1.39. The van der Waals surface area contributed by atoms with E-state index in [0.29, 0.717) is 18.8 Å². The second-order valence-electron chi connectivity index (χ2n) is 5.63. The molecule has 0 heterocycles. The lowest BCUT2D eigenvalue weighted by Gasteiger charge is -2.23. The van der Waals surface area contributed by atoms with E-state index in [9.17, 15) is 9.59 Å². The van der Waals surface area contributed by atoms with Crippen LogP contribution in [0.15, 0.2) is 23.3 Å². The zero-order valence-electron chi connectivity index (χ0n) is 12.6. The number of hydrogen-bond acceptors (Lipinski definition) is 4. The monoisotopic (exact) mass is 278 g/mol. The van der Waals surface area contributed by atoms with E-state index < -0.39 is 17.4 Å². The highest BCUT2D eigenvalue weighted by atomic mass is 16.5. The van der Waals surface area contributed by atoms with Crippen molar-refractivity contribution < 1.29 is 19.1 Å². The Morgan fingerprint density at radius 2 is 1.85 bits per heavy atom. The summed E-state index contributed by atoms with van der Waals surface area (Å²) >= 11 is 0. The van der Waals surface area contributed by atoms with Crippen LogP contribution >= 0.6 is 0 Å². The predicted octanol–water partition coefficient (Wildman–Crippen LogP) is 2.64. The number of rotatable bonds is 3. The fourth-order valence-corrected chi connectivity index (χ4v) is 3.61. The van der Waals surface area contributed by atoms with Crippen LogP contribution < -0.4 is 0 Å². The van der Waals surface area contributed by atoms with Crippen LogP contribution in [-0.2, 0) is 19.1 Å². The number of carbonyl (C=O) groups excluding carboxylic acids is 2. The summed E-state index contributed by atoms with van der Waals surface area (Å²) < 4.78 is 9.75. The standard InChI is InChI=1S/C16H22O4/c1-5-12-10(2)6-7-11-8-16(9-13(11)12,14(17)19-3)15(18)20-4/h6-7,10-11H,5,8-9H2,1-4H3/t10-,11-/m1/s1. The first kappa shape index (κ1) is 14.8. The maximum atomic E-state index is 12.2. The maximum absolute atomic E-state index is 12.2.